The van der Waals surface area contributed by atoms with Crippen LogP contribution >= 0.6 is 34.7 Å². The molecule has 1 aromatic heterocycles. The molecule has 0 aliphatic carbocycles. The van der Waals surface area contributed by atoms with Crippen LogP contribution in [-0.2, 0) is 17.8 Å². The average molecular weight is 453 g/mol. The van der Waals surface area contributed by atoms with Crippen molar-refractivity contribution >= 4 is 56.0 Å². The van der Waals surface area contributed by atoms with Crippen molar-refractivity contribution in [3.8, 4) is 0 Å². The van der Waals surface area contributed by atoms with Crippen LogP contribution in [0.3, 0.4) is 0 Å². The summed E-state index contributed by atoms with van der Waals surface area (Å²) in [6.45, 7) is 2.64. The second-order valence-electron chi connectivity index (χ2n) is 6.86. The summed E-state index contributed by atoms with van der Waals surface area (Å²) in [7, 11) is 0. The summed E-state index contributed by atoms with van der Waals surface area (Å²) in [5.74, 6) is 0.374. The first-order valence-electron chi connectivity index (χ1n) is 9.74. The normalized spacial score (nSPS) is 11.0. The van der Waals surface area contributed by atoms with Gasteiger partial charge in [-0.15, -0.1) is 11.8 Å². The molecule has 0 N–H and O–H groups in total. The number of rotatable bonds is 7. The second-order valence-corrected chi connectivity index (χ2v) is 9.35. The van der Waals surface area contributed by atoms with Crippen molar-refractivity contribution in [2.24, 2.45) is 0 Å². The summed E-state index contributed by atoms with van der Waals surface area (Å²) < 4.78 is 1.11. The third-order valence-corrected chi connectivity index (χ3v) is 7.03. The number of aromatic nitrogens is 1. The number of carbonyl (C=O) groups excluding carboxylic acids is 1. The summed E-state index contributed by atoms with van der Waals surface area (Å²) >= 11 is 9.05. The number of benzene rings is 3. The summed E-state index contributed by atoms with van der Waals surface area (Å²) in [5.41, 5.74) is 3.29. The molecule has 3 nitrogen and oxygen atoms in total. The number of anilines is 1. The molecular formula is C24H21ClN2OS2. The summed E-state index contributed by atoms with van der Waals surface area (Å²) in [6, 6.07) is 23.9. The lowest BCUT2D eigenvalue weighted by Gasteiger charge is -2.20. The predicted molar refractivity (Wildman–Crippen MR) is 129 cm³/mol. The zero-order chi connectivity index (χ0) is 20.9. The van der Waals surface area contributed by atoms with Crippen LogP contribution in [0.2, 0.25) is 5.02 Å². The Morgan fingerprint density at radius 2 is 1.80 bits per heavy atom. The molecule has 1 amide bonds. The van der Waals surface area contributed by atoms with E-state index in [9.17, 15) is 4.79 Å². The van der Waals surface area contributed by atoms with Crippen LogP contribution < -0.4 is 4.90 Å². The molecule has 0 spiro atoms. The number of halogens is 1. The Balaban J connectivity index is 1.60. The number of carbonyl (C=O) groups is 1. The minimum Gasteiger partial charge on any atom is -0.283 e. The number of hydrogen-bond donors (Lipinski definition) is 0. The molecule has 0 unspecified atom stereocenters. The fraction of sp³-hybridized carbons (Fsp3) is 0.167. The molecule has 1 heterocycles. The molecule has 0 saturated carbocycles. The van der Waals surface area contributed by atoms with E-state index in [1.54, 1.807) is 16.2 Å². The standard InChI is InChI=1S/C24H21ClN2OS2/c1-2-17-8-13-21-22(14-17)30-24(26-21)27(15-18-6-4-3-5-7-18)23(28)16-29-20-11-9-19(25)10-12-20/h3-14H,2,15-16H2,1H3. The Morgan fingerprint density at radius 3 is 2.53 bits per heavy atom. The maximum absolute atomic E-state index is 13.2. The molecule has 3 aromatic carbocycles. The molecule has 0 bridgehead atoms. The molecule has 4 aromatic rings. The Morgan fingerprint density at radius 1 is 1.03 bits per heavy atom. The van der Waals surface area contributed by atoms with Crippen LogP contribution in [0.15, 0.2) is 77.7 Å². The first kappa shape index (κ1) is 20.9. The number of thioether (sulfide) groups is 1. The van der Waals surface area contributed by atoms with Gasteiger partial charge in [0.15, 0.2) is 5.13 Å². The molecule has 0 radical (unpaired) electrons. The van der Waals surface area contributed by atoms with Crippen molar-refractivity contribution < 1.29 is 4.79 Å². The lowest BCUT2D eigenvalue weighted by molar-refractivity contribution is -0.116. The third kappa shape index (κ3) is 5.04. The van der Waals surface area contributed by atoms with E-state index in [1.807, 2.05) is 60.7 Å². The van der Waals surface area contributed by atoms with Crippen LogP contribution in [0.5, 0.6) is 0 Å². The Bertz CT molecular complexity index is 1140. The van der Waals surface area contributed by atoms with Crippen LogP contribution in [0, 0.1) is 0 Å². The topological polar surface area (TPSA) is 33.2 Å². The number of fused-ring (bicyclic) bond motifs is 1. The van der Waals surface area contributed by atoms with Gasteiger partial charge in [0.2, 0.25) is 5.91 Å². The number of aryl methyl sites for hydroxylation is 1. The maximum Gasteiger partial charge on any atom is 0.239 e. The van der Waals surface area contributed by atoms with E-state index in [1.165, 1.54) is 17.3 Å². The van der Waals surface area contributed by atoms with Crippen LogP contribution in [0.25, 0.3) is 10.2 Å². The van der Waals surface area contributed by atoms with Crippen molar-refractivity contribution in [2.45, 2.75) is 24.8 Å². The molecule has 152 valence electrons. The van der Waals surface area contributed by atoms with E-state index in [2.05, 4.69) is 19.1 Å². The van der Waals surface area contributed by atoms with E-state index in [-0.39, 0.29) is 5.91 Å². The molecule has 0 atom stereocenters. The van der Waals surface area contributed by atoms with Gasteiger partial charge in [-0.3, -0.25) is 9.69 Å². The van der Waals surface area contributed by atoms with Gasteiger partial charge in [-0.2, -0.15) is 0 Å². The Hall–Kier alpha value is -2.34. The minimum atomic E-state index is 0.0357. The van der Waals surface area contributed by atoms with Crippen molar-refractivity contribution in [3.63, 3.8) is 0 Å². The highest BCUT2D eigenvalue weighted by molar-refractivity contribution is 8.00. The molecule has 6 heteroatoms. The number of nitrogens with zero attached hydrogens (tertiary/aromatic N) is 2. The van der Waals surface area contributed by atoms with Gasteiger partial charge in [0.25, 0.3) is 0 Å². The van der Waals surface area contributed by atoms with Gasteiger partial charge in [0.05, 0.1) is 22.5 Å². The SMILES string of the molecule is CCc1ccc2nc(N(Cc3ccccc3)C(=O)CSc3ccc(Cl)cc3)sc2c1. The molecular weight excluding hydrogens is 432 g/mol. The first-order valence-corrected chi connectivity index (χ1v) is 11.9. The molecule has 0 aliphatic heterocycles. The van der Waals surface area contributed by atoms with Crippen LogP contribution in [0.4, 0.5) is 5.13 Å². The Kier molecular flexibility index (Phi) is 6.72. The molecule has 0 saturated heterocycles. The van der Waals surface area contributed by atoms with E-state index >= 15 is 0 Å². The van der Waals surface area contributed by atoms with Crippen molar-refractivity contribution in [1.82, 2.24) is 4.98 Å². The number of amides is 1. The van der Waals surface area contributed by atoms with Gasteiger partial charge >= 0.3 is 0 Å². The van der Waals surface area contributed by atoms with Gasteiger partial charge in [-0.1, -0.05) is 66.3 Å². The van der Waals surface area contributed by atoms with Crippen LogP contribution in [-0.4, -0.2) is 16.6 Å². The Labute approximate surface area is 189 Å². The summed E-state index contributed by atoms with van der Waals surface area (Å²) in [5, 5.41) is 1.43. The van der Waals surface area contributed by atoms with Crippen LogP contribution in [0.1, 0.15) is 18.1 Å². The van der Waals surface area contributed by atoms with Gasteiger partial charge < -0.3 is 0 Å². The second kappa shape index (κ2) is 9.65. The zero-order valence-corrected chi connectivity index (χ0v) is 18.9. The lowest BCUT2D eigenvalue weighted by atomic mass is 10.2. The smallest absolute Gasteiger partial charge is 0.239 e. The maximum atomic E-state index is 13.2. The largest absolute Gasteiger partial charge is 0.283 e. The highest BCUT2D eigenvalue weighted by Gasteiger charge is 2.20. The molecule has 0 aliphatic rings. The fourth-order valence-electron chi connectivity index (χ4n) is 3.07. The molecule has 4 rings (SSSR count). The molecule has 0 fully saturated rings. The highest BCUT2D eigenvalue weighted by atomic mass is 35.5. The highest BCUT2D eigenvalue weighted by Crippen LogP contribution is 2.31. The van der Waals surface area contributed by atoms with Crippen molar-refractivity contribution in [1.29, 1.82) is 0 Å². The van der Waals surface area contributed by atoms with E-state index in [4.69, 9.17) is 16.6 Å². The van der Waals surface area contributed by atoms with Gasteiger partial charge in [0.1, 0.15) is 0 Å². The zero-order valence-electron chi connectivity index (χ0n) is 16.5. The summed E-state index contributed by atoms with van der Waals surface area (Å²) in [6.07, 6.45) is 0.980. The number of hydrogen-bond acceptors (Lipinski definition) is 4. The van der Waals surface area contributed by atoms with Crippen molar-refractivity contribution in [3.05, 3.63) is 88.9 Å². The molecule has 30 heavy (non-hydrogen) atoms. The number of thiazole rings is 1. The van der Waals surface area contributed by atoms with Crippen molar-refractivity contribution in [2.75, 3.05) is 10.7 Å². The monoisotopic (exact) mass is 452 g/mol. The van der Waals surface area contributed by atoms with E-state index in [0.29, 0.717) is 17.3 Å². The van der Waals surface area contributed by atoms with Gasteiger partial charge in [0, 0.05) is 9.92 Å². The third-order valence-electron chi connectivity index (χ3n) is 4.74. The van der Waals surface area contributed by atoms with E-state index < -0.39 is 0 Å². The average Bonchev–Trinajstić information content (AvgIpc) is 3.20. The summed E-state index contributed by atoms with van der Waals surface area (Å²) in [4.78, 5) is 20.8. The van der Waals surface area contributed by atoms with E-state index in [0.717, 1.165) is 32.2 Å². The fourth-order valence-corrected chi connectivity index (χ4v) is 5.02. The quantitative estimate of drug-likeness (QED) is 0.288. The minimum absolute atomic E-state index is 0.0357. The van der Waals surface area contributed by atoms with Gasteiger partial charge in [-0.25, -0.2) is 4.98 Å². The first-order chi connectivity index (χ1) is 14.6. The predicted octanol–water partition coefficient (Wildman–Crippen LogP) is 6.84. The lowest BCUT2D eigenvalue weighted by Crippen LogP contribution is -2.31. The van der Waals surface area contributed by atoms with Gasteiger partial charge in [-0.05, 0) is 53.9 Å².